The van der Waals surface area contributed by atoms with E-state index in [-0.39, 0.29) is 0 Å². The Kier molecular flexibility index (Phi) is 7.38. The summed E-state index contributed by atoms with van der Waals surface area (Å²) < 4.78 is 0. The van der Waals surface area contributed by atoms with Crippen molar-refractivity contribution in [1.29, 1.82) is 0 Å². The topological polar surface area (TPSA) is 0 Å². The zero-order valence-corrected chi connectivity index (χ0v) is 9.27. The number of rotatable bonds is 2. The lowest BCUT2D eigenvalue weighted by Gasteiger charge is -2.03. The van der Waals surface area contributed by atoms with E-state index in [1.807, 2.05) is 13.8 Å². The van der Waals surface area contributed by atoms with Crippen LogP contribution in [0.15, 0.2) is 36.0 Å². The Hall–Kier alpha value is -0.780. The Balaban J connectivity index is 0.000000310. The molecule has 0 aliphatic heterocycles. The third-order valence-corrected chi connectivity index (χ3v) is 1.61. The van der Waals surface area contributed by atoms with E-state index in [4.69, 9.17) is 0 Å². The molecule has 0 spiro atoms. The van der Waals surface area contributed by atoms with E-state index in [0.717, 1.165) is 0 Å². The molecule has 0 aromatic carbocycles. The maximum atomic E-state index is 3.56. The van der Waals surface area contributed by atoms with Crippen LogP contribution < -0.4 is 0 Å². The molecule has 0 heterocycles. The summed E-state index contributed by atoms with van der Waals surface area (Å²) in [4.78, 5) is 0. The van der Waals surface area contributed by atoms with E-state index in [2.05, 4.69) is 31.7 Å². The first-order valence-electron chi connectivity index (χ1n) is 5.14. The molecular weight excluding hydrogens is 156 g/mol. The number of hydrogen-bond donors (Lipinski definition) is 0. The molecule has 0 amide bonds. The van der Waals surface area contributed by atoms with Crippen LogP contribution in [0.3, 0.4) is 0 Å². The Bertz CT molecular complexity index is 190. The van der Waals surface area contributed by atoms with Gasteiger partial charge in [-0.1, -0.05) is 42.7 Å². The molecule has 0 saturated carbocycles. The fourth-order valence-corrected chi connectivity index (χ4v) is 1.14. The molecule has 0 unspecified atom stereocenters. The molecule has 0 nitrogen and oxygen atoms in total. The Labute approximate surface area is 83.0 Å². The van der Waals surface area contributed by atoms with Crippen LogP contribution in [-0.2, 0) is 0 Å². The van der Waals surface area contributed by atoms with Gasteiger partial charge in [0.25, 0.3) is 0 Å². The molecule has 1 aliphatic carbocycles. The minimum absolute atomic E-state index is 1.17. The van der Waals surface area contributed by atoms with Gasteiger partial charge in [0.15, 0.2) is 0 Å². The lowest BCUT2D eigenvalue weighted by Crippen LogP contribution is -1.82. The van der Waals surface area contributed by atoms with E-state index < -0.39 is 0 Å². The van der Waals surface area contributed by atoms with Gasteiger partial charge in [0, 0.05) is 0 Å². The summed E-state index contributed by atoms with van der Waals surface area (Å²) in [6.07, 6.45) is 11.9. The number of allylic oxidation sites excluding steroid dienone is 5. The first-order valence-corrected chi connectivity index (χ1v) is 5.14. The smallest absolute Gasteiger partial charge is 0.0285 e. The van der Waals surface area contributed by atoms with Crippen LogP contribution in [0.2, 0.25) is 0 Å². The SMILES string of the molecule is C=C(C)C.CCCC1=CCCC=C1. The Morgan fingerprint density at radius 3 is 2.38 bits per heavy atom. The molecule has 0 aromatic rings. The normalized spacial score (nSPS) is 14.2. The molecule has 0 N–H and O–H groups in total. The van der Waals surface area contributed by atoms with Gasteiger partial charge in [-0.15, -0.1) is 6.58 Å². The van der Waals surface area contributed by atoms with Gasteiger partial charge in [0.1, 0.15) is 0 Å². The van der Waals surface area contributed by atoms with Crippen molar-refractivity contribution >= 4 is 0 Å². The molecular formula is C13H22. The van der Waals surface area contributed by atoms with Gasteiger partial charge in [-0.3, -0.25) is 0 Å². The molecule has 1 rings (SSSR count). The summed E-state index contributed by atoms with van der Waals surface area (Å²) in [5.74, 6) is 0. The molecule has 0 saturated heterocycles. The second kappa shape index (κ2) is 7.85. The van der Waals surface area contributed by atoms with Crippen molar-refractivity contribution in [2.24, 2.45) is 0 Å². The Morgan fingerprint density at radius 2 is 2.00 bits per heavy atom. The first kappa shape index (κ1) is 12.2. The highest BCUT2D eigenvalue weighted by atomic mass is 14.0. The van der Waals surface area contributed by atoms with Crippen molar-refractivity contribution in [1.82, 2.24) is 0 Å². The van der Waals surface area contributed by atoms with E-state index in [9.17, 15) is 0 Å². The van der Waals surface area contributed by atoms with Crippen LogP contribution in [0.5, 0.6) is 0 Å². The highest BCUT2D eigenvalue weighted by Gasteiger charge is 1.93. The Morgan fingerprint density at radius 1 is 1.38 bits per heavy atom. The average molecular weight is 178 g/mol. The maximum Gasteiger partial charge on any atom is -0.0285 e. The second-order valence-corrected chi connectivity index (χ2v) is 3.72. The van der Waals surface area contributed by atoms with E-state index in [1.165, 1.54) is 36.8 Å². The van der Waals surface area contributed by atoms with Gasteiger partial charge >= 0.3 is 0 Å². The highest BCUT2D eigenvalue weighted by molar-refractivity contribution is 5.21. The largest absolute Gasteiger partial charge is 0.100 e. The third-order valence-electron chi connectivity index (χ3n) is 1.61. The van der Waals surface area contributed by atoms with Gasteiger partial charge in [-0.25, -0.2) is 0 Å². The van der Waals surface area contributed by atoms with Crippen molar-refractivity contribution in [2.45, 2.75) is 46.5 Å². The monoisotopic (exact) mass is 178 g/mol. The summed E-state index contributed by atoms with van der Waals surface area (Å²) in [7, 11) is 0. The van der Waals surface area contributed by atoms with E-state index >= 15 is 0 Å². The van der Waals surface area contributed by atoms with E-state index in [0.29, 0.717) is 0 Å². The quantitative estimate of drug-likeness (QED) is 0.540. The highest BCUT2D eigenvalue weighted by Crippen LogP contribution is 2.13. The second-order valence-electron chi connectivity index (χ2n) is 3.72. The van der Waals surface area contributed by atoms with Crippen molar-refractivity contribution in [3.8, 4) is 0 Å². The predicted molar refractivity (Wildman–Crippen MR) is 61.9 cm³/mol. The third kappa shape index (κ3) is 9.13. The molecule has 0 heteroatoms. The van der Waals surface area contributed by atoms with Crippen LogP contribution in [0.4, 0.5) is 0 Å². The lowest BCUT2D eigenvalue weighted by atomic mass is 10.0. The maximum absolute atomic E-state index is 3.56. The van der Waals surface area contributed by atoms with Crippen molar-refractivity contribution in [3.63, 3.8) is 0 Å². The van der Waals surface area contributed by atoms with Crippen LogP contribution in [0.25, 0.3) is 0 Å². The molecule has 0 radical (unpaired) electrons. The summed E-state index contributed by atoms with van der Waals surface area (Å²) >= 11 is 0. The molecule has 0 aromatic heterocycles. The van der Waals surface area contributed by atoms with Crippen molar-refractivity contribution < 1.29 is 0 Å². The molecule has 74 valence electrons. The fourth-order valence-electron chi connectivity index (χ4n) is 1.14. The van der Waals surface area contributed by atoms with Gasteiger partial charge in [-0.05, 0) is 33.1 Å². The minimum Gasteiger partial charge on any atom is -0.100 e. The predicted octanol–water partition coefficient (Wildman–Crippen LogP) is 4.65. The minimum atomic E-state index is 1.17. The summed E-state index contributed by atoms with van der Waals surface area (Å²) in [6.45, 7) is 9.73. The standard InChI is InChI=1S/C9H14.C4H8/c1-2-6-9-7-4-3-5-8-9;1-4(2)3/h4,7-8H,2-3,5-6H2,1H3;1H2,2-3H3. The van der Waals surface area contributed by atoms with Crippen LogP contribution >= 0.6 is 0 Å². The lowest BCUT2D eigenvalue weighted by molar-refractivity contribution is 0.894. The zero-order valence-electron chi connectivity index (χ0n) is 9.27. The zero-order chi connectivity index (χ0) is 10.1. The van der Waals surface area contributed by atoms with Crippen molar-refractivity contribution in [2.75, 3.05) is 0 Å². The van der Waals surface area contributed by atoms with Crippen LogP contribution in [-0.4, -0.2) is 0 Å². The van der Waals surface area contributed by atoms with E-state index in [1.54, 1.807) is 0 Å². The molecule has 1 aliphatic rings. The average Bonchev–Trinajstić information content (AvgIpc) is 2.06. The van der Waals surface area contributed by atoms with Crippen LogP contribution in [0.1, 0.15) is 46.5 Å². The summed E-state index contributed by atoms with van der Waals surface area (Å²) in [6, 6.07) is 0. The summed E-state index contributed by atoms with van der Waals surface area (Å²) in [5, 5.41) is 0. The summed E-state index contributed by atoms with van der Waals surface area (Å²) in [5.41, 5.74) is 2.70. The molecule has 0 atom stereocenters. The molecule has 13 heavy (non-hydrogen) atoms. The molecule has 0 fully saturated rings. The van der Waals surface area contributed by atoms with Gasteiger partial charge in [0.05, 0.1) is 0 Å². The van der Waals surface area contributed by atoms with Gasteiger partial charge in [0.2, 0.25) is 0 Å². The van der Waals surface area contributed by atoms with Gasteiger partial charge in [-0.2, -0.15) is 0 Å². The number of hydrogen-bond acceptors (Lipinski definition) is 0. The van der Waals surface area contributed by atoms with Crippen molar-refractivity contribution in [3.05, 3.63) is 36.0 Å². The fraction of sp³-hybridized carbons (Fsp3) is 0.538. The molecule has 0 bridgehead atoms. The van der Waals surface area contributed by atoms with Gasteiger partial charge < -0.3 is 0 Å². The van der Waals surface area contributed by atoms with Crippen LogP contribution in [0, 0.1) is 0 Å². The first-order chi connectivity index (χ1) is 6.16.